The second-order valence-corrected chi connectivity index (χ2v) is 6.74. The van der Waals surface area contributed by atoms with E-state index in [1.54, 1.807) is 18.5 Å². The van der Waals surface area contributed by atoms with Gasteiger partial charge in [0.2, 0.25) is 0 Å². The van der Waals surface area contributed by atoms with Crippen LogP contribution in [0.25, 0.3) is 27.7 Å². The summed E-state index contributed by atoms with van der Waals surface area (Å²) in [5, 5.41) is 8.73. The molecule has 0 aliphatic carbocycles. The summed E-state index contributed by atoms with van der Waals surface area (Å²) >= 11 is 0. The predicted molar refractivity (Wildman–Crippen MR) is 109 cm³/mol. The Labute approximate surface area is 164 Å². The summed E-state index contributed by atoms with van der Waals surface area (Å²) < 4.78 is 2.71. The Hall–Kier alpha value is -4.07. The molecule has 29 heavy (non-hydrogen) atoms. The van der Waals surface area contributed by atoms with E-state index < -0.39 is 0 Å². The van der Waals surface area contributed by atoms with Crippen LogP contribution in [-0.2, 0) is 6.54 Å². The van der Waals surface area contributed by atoms with Gasteiger partial charge < -0.3 is 0 Å². The van der Waals surface area contributed by atoms with E-state index in [1.165, 1.54) is 15.3 Å². The van der Waals surface area contributed by atoms with E-state index >= 15 is 0 Å². The van der Waals surface area contributed by atoms with Gasteiger partial charge in [0.05, 0.1) is 34.6 Å². The minimum absolute atomic E-state index is 0.100. The zero-order chi connectivity index (χ0) is 20.0. The fraction of sp³-hybridized carbons (Fsp3) is 0.0952. The van der Waals surface area contributed by atoms with Crippen LogP contribution in [0.3, 0.4) is 0 Å². The molecule has 4 heterocycles. The number of aromatic amines is 1. The van der Waals surface area contributed by atoms with E-state index in [0.29, 0.717) is 28.0 Å². The second kappa shape index (κ2) is 6.52. The summed E-state index contributed by atoms with van der Waals surface area (Å²) in [5.74, 6) is 0. The lowest BCUT2D eigenvalue weighted by molar-refractivity contribution is 0.625. The molecule has 0 bridgehead atoms. The summed E-state index contributed by atoms with van der Waals surface area (Å²) in [5.41, 5.74) is 2.58. The van der Waals surface area contributed by atoms with E-state index in [-0.39, 0.29) is 17.7 Å². The standard InChI is InChI=1S/C21H16N6O2/c1-13-15-6-2-3-7-16(15)21(29)26(25-13)12-14-10-19(28)27-20(24-14)17(11-23-27)18-8-4-5-9-22-18/h2-11,23H,12H2,1H3. The highest BCUT2D eigenvalue weighted by Gasteiger charge is 2.14. The topological polar surface area (TPSA) is 97.9 Å². The number of hydrogen-bond donors (Lipinski definition) is 1. The van der Waals surface area contributed by atoms with Crippen molar-refractivity contribution >= 4 is 16.4 Å². The van der Waals surface area contributed by atoms with Gasteiger partial charge in [0.15, 0.2) is 5.65 Å². The van der Waals surface area contributed by atoms with Gasteiger partial charge in [-0.05, 0) is 25.1 Å². The van der Waals surface area contributed by atoms with Gasteiger partial charge in [0, 0.05) is 23.8 Å². The zero-order valence-electron chi connectivity index (χ0n) is 15.5. The minimum Gasteiger partial charge on any atom is -0.296 e. The van der Waals surface area contributed by atoms with Gasteiger partial charge in [-0.2, -0.15) is 5.10 Å². The first-order valence-electron chi connectivity index (χ1n) is 9.10. The molecule has 142 valence electrons. The molecule has 0 saturated heterocycles. The quantitative estimate of drug-likeness (QED) is 0.514. The lowest BCUT2D eigenvalue weighted by atomic mass is 10.1. The molecular formula is C21H16N6O2. The maximum atomic E-state index is 12.8. The molecule has 5 aromatic rings. The number of aromatic nitrogens is 6. The van der Waals surface area contributed by atoms with Crippen LogP contribution in [0.2, 0.25) is 0 Å². The molecule has 0 spiro atoms. The highest BCUT2D eigenvalue weighted by molar-refractivity contribution is 5.83. The summed E-state index contributed by atoms with van der Waals surface area (Å²) in [6.07, 6.45) is 3.38. The van der Waals surface area contributed by atoms with Crippen LogP contribution in [0.1, 0.15) is 11.4 Å². The average molecular weight is 384 g/mol. The number of fused-ring (bicyclic) bond motifs is 2. The number of aryl methyl sites for hydroxylation is 1. The van der Waals surface area contributed by atoms with Gasteiger partial charge >= 0.3 is 0 Å². The van der Waals surface area contributed by atoms with E-state index in [0.717, 1.165) is 11.1 Å². The lowest BCUT2D eigenvalue weighted by Crippen LogP contribution is -2.26. The maximum Gasteiger partial charge on any atom is 0.275 e. The van der Waals surface area contributed by atoms with Crippen molar-refractivity contribution in [2.75, 3.05) is 0 Å². The zero-order valence-corrected chi connectivity index (χ0v) is 15.5. The average Bonchev–Trinajstić information content (AvgIpc) is 3.17. The molecule has 1 aromatic carbocycles. The van der Waals surface area contributed by atoms with Crippen LogP contribution in [0.15, 0.2) is 70.5 Å². The third-order valence-corrected chi connectivity index (χ3v) is 4.86. The summed E-state index contributed by atoms with van der Waals surface area (Å²) in [6, 6.07) is 14.3. The van der Waals surface area contributed by atoms with Crippen LogP contribution < -0.4 is 11.1 Å². The second-order valence-electron chi connectivity index (χ2n) is 6.74. The van der Waals surface area contributed by atoms with E-state index in [4.69, 9.17) is 0 Å². The Balaban J connectivity index is 1.65. The molecule has 0 saturated carbocycles. The van der Waals surface area contributed by atoms with E-state index in [2.05, 4.69) is 20.2 Å². The van der Waals surface area contributed by atoms with Gasteiger partial charge in [-0.25, -0.2) is 14.2 Å². The third-order valence-electron chi connectivity index (χ3n) is 4.86. The van der Waals surface area contributed by atoms with Gasteiger partial charge in [-0.3, -0.25) is 19.7 Å². The summed E-state index contributed by atoms with van der Waals surface area (Å²) in [4.78, 5) is 34.3. The molecule has 8 nitrogen and oxygen atoms in total. The highest BCUT2D eigenvalue weighted by atomic mass is 16.1. The van der Waals surface area contributed by atoms with Crippen molar-refractivity contribution in [2.24, 2.45) is 0 Å². The summed E-state index contributed by atoms with van der Waals surface area (Å²) in [7, 11) is 0. The molecule has 0 aliphatic rings. The van der Waals surface area contributed by atoms with Crippen LogP contribution in [0, 0.1) is 6.92 Å². The number of rotatable bonds is 3. The lowest BCUT2D eigenvalue weighted by Gasteiger charge is -2.08. The van der Waals surface area contributed by atoms with Crippen molar-refractivity contribution in [2.45, 2.75) is 13.5 Å². The molecular weight excluding hydrogens is 368 g/mol. The smallest absolute Gasteiger partial charge is 0.275 e. The van der Waals surface area contributed by atoms with Gasteiger partial charge in [0.25, 0.3) is 11.1 Å². The van der Waals surface area contributed by atoms with Crippen molar-refractivity contribution in [3.63, 3.8) is 0 Å². The molecule has 0 aliphatic heterocycles. The van der Waals surface area contributed by atoms with E-state index in [1.807, 2.05) is 43.3 Å². The Kier molecular flexibility index (Phi) is 3.83. The van der Waals surface area contributed by atoms with Crippen LogP contribution in [0.4, 0.5) is 0 Å². The first-order chi connectivity index (χ1) is 14.1. The first-order valence-corrected chi connectivity index (χ1v) is 9.10. The number of nitrogens with one attached hydrogen (secondary N) is 1. The number of H-pyrrole nitrogens is 1. The highest BCUT2D eigenvalue weighted by Crippen LogP contribution is 2.20. The monoisotopic (exact) mass is 384 g/mol. The number of benzene rings is 1. The Morgan fingerprint density at radius 2 is 1.83 bits per heavy atom. The van der Waals surface area contributed by atoms with Gasteiger partial charge in [-0.1, -0.05) is 24.3 Å². The molecule has 0 fully saturated rings. The molecule has 0 radical (unpaired) electrons. The van der Waals surface area contributed by atoms with Crippen LogP contribution >= 0.6 is 0 Å². The van der Waals surface area contributed by atoms with E-state index in [9.17, 15) is 9.59 Å². The normalized spacial score (nSPS) is 11.3. The number of nitrogens with zero attached hydrogens (tertiary/aromatic N) is 5. The fourth-order valence-corrected chi connectivity index (χ4v) is 3.49. The molecule has 5 rings (SSSR count). The Bertz CT molecular complexity index is 1480. The van der Waals surface area contributed by atoms with Crippen molar-refractivity contribution in [1.29, 1.82) is 0 Å². The van der Waals surface area contributed by atoms with Crippen molar-refractivity contribution < 1.29 is 0 Å². The van der Waals surface area contributed by atoms with Gasteiger partial charge in [0.1, 0.15) is 0 Å². The molecule has 0 atom stereocenters. The van der Waals surface area contributed by atoms with Crippen molar-refractivity contribution in [3.05, 3.63) is 93.0 Å². The molecule has 8 heteroatoms. The molecule has 4 aromatic heterocycles. The SMILES string of the molecule is Cc1nn(Cc2cc(=O)n3[nH]cc(-c4ccccn4)c3n2)c(=O)c2ccccc12. The minimum atomic E-state index is -0.266. The molecule has 1 N–H and O–H groups in total. The first kappa shape index (κ1) is 17.1. The van der Waals surface area contributed by atoms with Crippen molar-refractivity contribution in [1.82, 2.24) is 29.4 Å². The largest absolute Gasteiger partial charge is 0.296 e. The fourth-order valence-electron chi connectivity index (χ4n) is 3.49. The molecule has 0 unspecified atom stereocenters. The third kappa shape index (κ3) is 2.82. The number of pyridine rings is 1. The van der Waals surface area contributed by atoms with Crippen LogP contribution in [0.5, 0.6) is 0 Å². The van der Waals surface area contributed by atoms with Gasteiger partial charge in [-0.15, -0.1) is 0 Å². The van der Waals surface area contributed by atoms with Crippen molar-refractivity contribution in [3.8, 4) is 11.3 Å². The van der Waals surface area contributed by atoms with Crippen LogP contribution in [-0.4, -0.2) is 29.4 Å². The maximum absolute atomic E-state index is 12.8. The Morgan fingerprint density at radius 3 is 2.62 bits per heavy atom. The number of hydrogen-bond acceptors (Lipinski definition) is 5. The summed E-state index contributed by atoms with van der Waals surface area (Å²) in [6.45, 7) is 1.96. The predicted octanol–water partition coefficient (Wildman–Crippen LogP) is 2.15. The Morgan fingerprint density at radius 1 is 1.03 bits per heavy atom. The molecule has 0 amide bonds.